The Hall–Kier alpha value is -0.860. The highest BCUT2D eigenvalue weighted by atomic mass is 15.1. The summed E-state index contributed by atoms with van der Waals surface area (Å²) in [6.07, 6.45) is 1.21. The molecule has 102 valence electrons. The van der Waals surface area contributed by atoms with E-state index in [4.69, 9.17) is 5.73 Å². The largest absolute Gasteiger partial charge is 0.326 e. The van der Waals surface area contributed by atoms with Crippen LogP contribution in [0, 0.1) is 12.8 Å². The van der Waals surface area contributed by atoms with Crippen LogP contribution in [0.25, 0.3) is 0 Å². The predicted octanol–water partition coefficient (Wildman–Crippen LogP) is 3.36. The zero-order chi connectivity index (χ0) is 13.7. The van der Waals surface area contributed by atoms with Gasteiger partial charge in [0, 0.05) is 12.1 Å². The van der Waals surface area contributed by atoms with E-state index in [1.807, 2.05) is 0 Å². The Morgan fingerprint density at radius 2 is 1.67 bits per heavy atom. The molecule has 2 atom stereocenters. The van der Waals surface area contributed by atoms with Crippen LogP contribution in [0.1, 0.15) is 44.4 Å². The first-order valence-corrected chi connectivity index (χ1v) is 6.94. The van der Waals surface area contributed by atoms with Crippen LogP contribution in [0.15, 0.2) is 24.3 Å². The third-order valence-corrected chi connectivity index (χ3v) is 3.45. The second kappa shape index (κ2) is 6.91. The molecule has 0 aromatic heterocycles. The van der Waals surface area contributed by atoms with E-state index in [1.165, 1.54) is 17.5 Å². The van der Waals surface area contributed by atoms with Crippen molar-refractivity contribution < 1.29 is 0 Å². The van der Waals surface area contributed by atoms with Gasteiger partial charge in [0.05, 0.1) is 0 Å². The maximum absolute atomic E-state index is 6.17. The van der Waals surface area contributed by atoms with Gasteiger partial charge in [0.15, 0.2) is 0 Å². The second-order valence-corrected chi connectivity index (χ2v) is 5.88. The number of nitrogens with two attached hydrogens (primary N) is 1. The van der Waals surface area contributed by atoms with Crippen molar-refractivity contribution in [1.82, 2.24) is 4.90 Å². The van der Waals surface area contributed by atoms with Crippen LogP contribution in [-0.2, 0) is 0 Å². The molecule has 2 N–H and O–H groups in total. The van der Waals surface area contributed by atoms with Gasteiger partial charge in [-0.3, -0.25) is 4.90 Å². The molecule has 0 aliphatic rings. The molecule has 0 saturated heterocycles. The summed E-state index contributed by atoms with van der Waals surface area (Å²) in [6.45, 7) is 9.84. The van der Waals surface area contributed by atoms with Crippen LogP contribution in [0.5, 0.6) is 0 Å². The van der Waals surface area contributed by atoms with Crippen LogP contribution in [0.3, 0.4) is 0 Å². The van der Waals surface area contributed by atoms with Gasteiger partial charge in [-0.1, -0.05) is 43.7 Å². The molecule has 2 unspecified atom stereocenters. The molecule has 0 radical (unpaired) electrons. The summed E-state index contributed by atoms with van der Waals surface area (Å²) >= 11 is 0. The van der Waals surface area contributed by atoms with Crippen LogP contribution in [0.2, 0.25) is 0 Å². The summed E-state index contributed by atoms with van der Waals surface area (Å²) in [7, 11) is 2.18. The first-order chi connectivity index (χ1) is 8.41. The number of hydrogen-bond donors (Lipinski definition) is 1. The molecule has 0 amide bonds. The fourth-order valence-electron chi connectivity index (χ4n) is 2.32. The third-order valence-electron chi connectivity index (χ3n) is 3.45. The van der Waals surface area contributed by atoms with E-state index in [9.17, 15) is 0 Å². The average Bonchev–Trinajstić information content (AvgIpc) is 2.29. The van der Waals surface area contributed by atoms with E-state index in [1.54, 1.807) is 0 Å². The highest BCUT2D eigenvalue weighted by Crippen LogP contribution is 2.23. The Labute approximate surface area is 112 Å². The van der Waals surface area contributed by atoms with E-state index >= 15 is 0 Å². The maximum atomic E-state index is 6.17. The Morgan fingerprint density at radius 1 is 1.11 bits per heavy atom. The van der Waals surface area contributed by atoms with Gasteiger partial charge in [-0.2, -0.15) is 0 Å². The Balaban J connectivity index is 2.78. The molecule has 18 heavy (non-hydrogen) atoms. The topological polar surface area (TPSA) is 29.3 Å². The van der Waals surface area contributed by atoms with Gasteiger partial charge in [0.25, 0.3) is 0 Å². The molecule has 2 nitrogen and oxygen atoms in total. The fraction of sp³-hybridized carbons (Fsp3) is 0.625. The van der Waals surface area contributed by atoms with E-state index in [0.29, 0.717) is 6.04 Å². The number of likely N-dealkylation sites (N-methyl/N-ethyl adjacent to an activating group) is 1. The highest BCUT2D eigenvalue weighted by molar-refractivity contribution is 5.25. The van der Waals surface area contributed by atoms with Gasteiger partial charge in [0.2, 0.25) is 0 Å². The number of rotatable bonds is 6. The fourth-order valence-corrected chi connectivity index (χ4v) is 2.32. The van der Waals surface area contributed by atoms with Crippen molar-refractivity contribution in [3.63, 3.8) is 0 Å². The molecule has 2 heteroatoms. The van der Waals surface area contributed by atoms with Crippen LogP contribution in [0.4, 0.5) is 0 Å². The first kappa shape index (κ1) is 15.2. The summed E-state index contributed by atoms with van der Waals surface area (Å²) in [5, 5.41) is 0. The number of benzene rings is 1. The zero-order valence-corrected chi connectivity index (χ0v) is 12.5. The van der Waals surface area contributed by atoms with Gasteiger partial charge >= 0.3 is 0 Å². The van der Waals surface area contributed by atoms with Gasteiger partial charge in [0.1, 0.15) is 0 Å². The molecule has 0 heterocycles. The number of aryl methyl sites for hydroxylation is 1. The minimum atomic E-state index is 0.143. The van der Waals surface area contributed by atoms with E-state index in [0.717, 1.165) is 12.5 Å². The normalized spacial score (nSPS) is 15.1. The molecule has 0 fully saturated rings. The molecule has 0 bridgehead atoms. The van der Waals surface area contributed by atoms with Crippen LogP contribution < -0.4 is 5.73 Å². The lowest BCUT2D eigenvalue weighted by atomic mass is 9.98. The zero-order valence-electron chi connectivity index (χ0n) is 12.5. The van der Waals surface area contributed by atoms with Gasteiger partial charge < -0.3 is 5.73 Å². The predicted molar refractivity (Wildman–Crippen MR) is 79.7 cm³/mol. The quantitative estimate of drug-likeness (QED) is 0.836. The summed E-state index contributed by atoms with van der Waals surface area (Å²) < 4.78 is 0. The van der Waals surface area contributed by atoms with E-state index in [2.05, 4.69) is 63.9 Å². The number of nitrogens with zero attached hydrogens (tertiary/aromatic N) is 1. The summed E-state index contributed by atoms with van der Waals surface area (Å²) in [5.41, 5.74) is 8.79. The van der Waals surface area contributed by atoms with Gasteiger partial charge in [-0.15, -0.1) is 0 Å². The molecule has 0 aliphatic carbocycles. The van der Waals surface area contributed by atoms with Crippen LogP contribution >= 0.6 is 0 Å². The van der Waals surface area contributed by atoms with Gasteiger partial charge in [-0.25, -0.2) is 0 Å². The van der Waals surface area contributed by atoms with Crippen molar-refractivity contribution in [1.29, 1.82) is 0 Å². The summed E-state index contributed by atoms with van der Waals surface area (Å²) in [6, 6.07) is 9.20. The molecular weight excluding hydrogens is 220 g/mol. The molecule has 1 aromatic rings. The van der Waals surface area contributed by atoms with Crippen molar-refractivity contribution >= 4 is 0 Å². The van der Waals surface area contributed by atoms with Gasteiger partial charge in [-0.05, 0) is 45.3 Å². The Bertz CT molecular complexity index is 341. The standard InChI is InChI=1S/C16H28N2/c1-12(2)10-11-18(5)16(14(4)17)15-8-6-13(3)7-9-15/h6-9,12,14,16H,10-11,17H2,1-5H3. The summed E-state index contributed by atoms with van der Waals surface area (Å²) in [5.74, 6) is 0.735. The van der Waals surface area contributed by atoms with Crippen molar-refractivity contribution in [3.8, 4) is 0 Å². The van der Waals surface area contributed by atoms with Crippen LogP contribution in [-0.4, -0.2) is 24.5 Å². The minimum absolute atomic E-state index is 0.143. The lowest BCUT2D eigenvalue weighted by molar-refractivity contribution is 0.208. The molecule has 0 spiro atoms. The Morgan fingerprint density at radius 3 is 2.11 bits per heavy atom. The lowest BCUT2D eigenvalue weighted by Gasteiger charge is -2.32. The monoisotopic (exact) mass is 248 g/mol. The molecular formula is C16H28N2. The van der Waals surface area contributed by atoms with Crippen molar-refractivity contribution in [2.24, 2.45) is 11.7 Å². The first-order valence-electron chi connectivity index (χ1n) is 6.94. The molecule has 1 aromatic carbocycles. The third kappa shape index (κ3) is 4.43. The SMILES string of the molecule is Cc1ccc(C(C(C)N)N(C)CCC(C)C)cc1. The molecule has 0 aliphatic heterocycles. The second-order valence-electron chi connectivity index (χ2n) is 5.88. The molecule has 1 rings (SSSR count). The van der Waals surface area contributed by atoms with E-state index in [-0.39, 0.29) is 6.04 Å². The van der Waals surface area contributed by atoms with Crippen molar-refractivity contribution in [3.05, 3.63) is 35.4 Å². The maximum Gasteiger partial charge on any atom is 0.0493 e. The Kier molecular flexibility index (Phi) is 5.83. The van der Waals surface area contributed by atoms with E-state index < -0.39 is 0 Å². The summed E-state index contributed by atoms with van der Waals surface area (Å²) in [4.78, 5) is 2.38. The van der Waals surface area contributed by atoms with Crippen molar-refractivity contribution in [2.75, 3.05) is 13.6 Å². The average molecular weight is 248 g/mol. The van der Waals surface area contributed by atoms with Crippen molar-refractivity contribution in [2.45, 2.75) is 46.2 Å². The lowest BCUT2D eigenvalue weighted by Crippen LogP contribution is -2.38. The smallest absolute Gasteiger partial charge is 0.0493 e. The highest BCUT2D eigenvalue weighted by Gasteiger charge is 2.20. The minimum Gasteiger partial charge on any atom is -0.326 e. The number of hydrogen-bond acceptors (Lipinski definition) is 2. The molecule has 0 saturated carbocycles.